The molecule has 0 fully saturated rings. The van der Waals surface area contributed by atoms with E-state index in [2.05, 4.69) is 10.3 Å². The molecule has 2 amide bonds. The molecule has 2 aromatic rings. The maximum absolute atomic E-state index is 12.5. The van der Waals surface area contributed by atoms with E-state index in [1.54, 1.807) is 35.6 Å². The smallest absolute Gasteiger partial charge is 0.250 e. The van der Waals surface area contributed by atoms with Crippen molar-refractivity contribution in [2.75, 3.05) is 5.32 Å². The van der Waals surface area contributed by atoms with Gasteiger partial charge in [-0.2, -0.15) is 0 Å². The van der Waals surface area contributed by atoms with Gasteiger partial charge in [-0.25, -0.2) is 4.98 Å². The van der Waals surface area contributed by atoms with Crippen molar-refractivity contribution in [3.05, 3.63) is 45.4 Å². The summed E-state index contributed by atoms with van der Waals surface area (Å²) >= 11 is 1.66. The van der Waals surface area contributed by atoms with Crippen LogP contribution in [0.5, 0.6) is 0 Å². The molecule has 6 heteroatoms. The number of para-hydroxylation sites is 1. The van der Waals surface area contributed by atoms with Crippen molar-refractivity contribution >= 4 is 28.8 Å². The van der Waals surface area contributed by atoms with Crippen LogP contribution < -0.4 is 11.1 Å². The second kappa shape index (κ2) is 5.88. The third kappa shape index (κ3) is 2.87. The van der Waals surface area contributed by atoms with Gasteiger partial charge in [-0.15, -0.1) is 11.3 Å². The highest BCUT2D eigenvalue weighted by molar-refractivity contribution is 7.11. The molecule has 3 rings (SSSR count). The molecule has 1 aliphatic rings. The zero-order valence-corrected chi connectivity index (χ0v) is 13.1. The van der Waals surface area contributed by atoms with Gasteiger partial charge in [0.15, 0.2) is 0 Å². The molecule has 0 bridgehead atoms. The molecule has 1 unspecified atom stereocenters. The van der Waals surface area contributed by atoms with E-state index >= 15 is 0 Å². The zero-order chi connectivity index (χ0) is 15.7. The number of thiazole rings is 1. The predicted molar refractivity (Wildman–Crippen MR) is 86.0 cm³/mol. The number of aromatic nitrogens is 1. The summed E-state index contributed by atoms with van der Waals surface area (Å²) in [6.07, 6.45) is 2.32. The van der Waals surface area contributed by atoms with Crippen LogP contribution in [0.3, 0.4) is 0 Å². The number of anilines is 1. The third-order valence-corrected chi connectivity index (χ3v) is 4.90. The maximum atomic E-state index is 12.5. The van der Waals surface area contributed by atoms with Gasteiger partial charge < -0.3 is 11.1 Å². The standard InChI is InChI=1S/C16H17N3O2S/c1-9-18-13-7-6-10(8-14(13)22-9)16(21)19-12-5-3-2-4-11(12)15(17)20/h2-5,10H,6-8H2,1H3,(H2,17,20)(H,19,21). The Hall–Kier alpha value is -2.21. The highest BCUT2D eigenvalue weighted by Crippen LogP contribution is 2.30. The summed E-state index contributed by atoms with van der Waals surface area (Å²) in [4.78, 5) is 29.6. The Morgan fingerprint density at radius 3 is 2.91 bits per heavy atom. The number of benzene rings is 1. The van der Waals surface area contributed by atoms with Crippen LogP contribution in [-0.2, 0) is 17.6 Å². The summed E-state index contributed by atoms with van der Waals surface area (Å²) in [6, 6.07) is 6.81. The van der Waals surface area contributed by atoms with Gasteiger partial charge in [-0.05, 0) is 38.3 Å². The number of amides is 2. The number of carbonyl (C=O) groups is 2. The lowest BCUT2D eigenvalue weighted by Gasteiger charge is -2.21. The van der Waals surface area contributed by atoms with E-state index in [4.69, 9.17) is 5.73 Å². The lowest BCUT2D eigenvalue weighted by molar-refractivity contribution is -0.120. The van der Waals surface area contributed by atoms with Gasteiger partial charge in [-0.3, -0.25) is 9.59 Å². The Balaban J connectivity index is 1.75. The second-order valence-electron chi connectivity index (χ2n) is 5.44. The fraction of sp³-hybridized carbons (Fsp3) is 0.312. The summed E-state index contributed by atoms with van der Waals surface area (Å²) in [6.45, 7) is 1.99. The van der Waals surface area contributed by atoms with E-state index < -0.39 is 5.91 Å². The summed E-state index contributed by atoms with van der Waals surface area (Å²) in [5, 5.41) is 3.89. The number of hydrogen-bond donors (Lipinski definition) is 2. The lowest BCUT2D eigenvalue weighted by Crippen LogP contribution is -2.28. The number of primary amides is 1. The average molecular weight is 315 g/mol. The molecule has 1 atom stereocenters. The Labute approximate surface area is 132 Å². The molecule has 3 N–H and O–H groups in total. The largest absolute Gasteiger partial charge is 0.366 e. The SMILES string of the molecule is Cc1nc2c(s1)CC(C(=O)Nc1ccccc1C(N)=O)CC2. The van der Waals surface area contributed by atoms with Crippen molar-refractivity contribution in [3.63, 3.8) is 0 Å². The molecule has 22 heavy (non-hydrogen) atoms. The lowest BCUT2D eigenvalue weighted by atomic mass is 9.90. The molecule has 0 spiro atoms. The number of fused-ring (bicyclic) bond motifs is 1. The van der Waals surface area contributed by atoms with Crippen LogP contribution >= 0.6 is 11.3 Å². The fourth-order valence-electron chi connectivity index (χ4n) is 2.77. The van der Waals surface area contributed by atoms with Crippen LogP contribution in [-0.4, -0.2) is 16.8 Å². The molecule has 1 heterocycles. The topological polar surface area (TPSA) is 85.1 Å². The number of hydrogen-bond acceptors (Lipinski definition) is 4. The number of carbonyl (C=O) groups excluding carboxylic acids is 2. The van der Waals surface area contributed by atoms with Crippen molar-refractivity contribution in [2.24, 2.45) is 11.7 Å². The van der Waals surface area contributed by atoms with Gasteiger partial charge in [-0.1, -0.05) is 12.1 Å². The van der Waals surface area contributed by atoms with E-state index in [1.807, 2.05) is 6.92 Å². The Morgan fingerprint density at radius 2 is 2.14 bits per heavy atom. The summed E-state index contributed by atoms with van der Waals surface area (Å²) in [5.41, 5.74) is 7.28. The average Bonchev–Trinajstić information content (AvgIpc) is 2.86. The van der Waals surface area contributed by atoms with E-state index in [-0.39, 0.29) is 11.8 Å². The first kappa shape index (κ1) is 14.7. The molecule has 1 aliphatic carbocycles. The summed E-state index contributed by atoms with van der Waals surface area (Å²) in [7, 11) is 0. The molecule has 114 valence electrons. The minimum absolute atomic E-state index is 0.0644. The Bertz CT molecular complexity index is 739. The number of nitrogens with one attached hydrogen (secondary N) is 1. The number of aryl methyl sites for hydroxylation is 2. The van der Waals surface area contributed by atoms with Crippen LogP contribution in [0.15, 0.2) is 24.3 Å². The van der Waals surface area contributed by atoms with Gasteiger partial charge in [0.1, 0.15) is 0 Å². The minimum atomic E-state index is -0.542. The minimum Gasteiger partial charge on any atom is -0.366 e. The number of nitrogens with two attached hydrogens (primary N) is 1. The van der Waals surface area contributed by atoms with Crippen molar-refractivity contribution in [3.8, 4) is 0 Å². The van der Waals surface area contributed by atoms with Crippen LogP contribution in [0.25, 0.3) is 0 Å². The highest BCUT2D eigenvalue weighted by Gasteiger charge is 2.27. The first-order valence-corrected chi connectivity index (χ1v) is 8.01. The zero-order valence-electron chi connectivity index (χ0n) is 12.3. The first-order chi connectivity index (χ1) is 10.5. The van der Waals surface area contributed by atoms with Gasteiger partial charge in [0, 0.05) is 10.8 Å². The van der Waals surface area contributed by atoms with Gasteiger partial charge in [0.2, 0.25) is 5.91 Å². The van der Waals surface area contributed by atoms with E-state index in [1.165, 1.54) is 4.88 Å². The monoisotopic (exact) mass is 315 g/mol. The molecule has 1 aromatic carbocycles. The predicted octanol–water partition coefficient (Wildman–Crippen LogP) is 2.29. The van der Waals surface area contributed by atoms with E-state index in [0.29, 0.717) is 17.7 Å². The summed E-state index contributed by atoms with van der Waals surface area (Å²) < 4.78 is 0. The maximum Gasteiger partial charge on any atom is 0.250 e. The van der Waals surface area contributed by atoms with Crippen LogP contribution in [0.2, 0.25) is 0 Å². The third-order valence-electron chi connectivity index (χ3n) is 3.87. The van der Waals surface area contributed by atoms with Crippen molar-refractivity contribution in [1.82, 2.24) is 4.98 Å². The second-order valence-corrected chi connectivity index (χ2v) is 6.73. The van der Waals surface area contributed by atoms with E-state index in [0.717, 1.165) is 23.5 Å². The van der Waals surface area contributed by atoms with Gasteiger partial charge in [0.05, 0.1) is 22.0 Å². The van der Waals surface area contributed by atoms with Crippen molar-refractivity contribution in [1.29, 1.82) is 0 Å². The molecule has 0 saturated heterocycles. The van der Waals surface area contributed by atoms with Crippen LogP contribution in [0.4, 0.5) is 5.69 Å². The molecule has 5 nitrogen and oxygen atoms in total. The first-order valence-electron chi connectivity index (χ1n) is 7.19. The van der Waals surface area contributed by atoms with Gasteiger partial charge in [0.25, 0.3) is 5.91 Å². The van der Waals surface area contributed by atoms with Crippen LogP contribution in [0.1, 0.15) is 32.4 Å². The molecule has 0 saturated carbocycles. The summed E-state index contributed by atoms with van der Waals surface area (Å²) in [5.74, 6) is -0.696. The fourth-order valence-corrected chi connectivity index (χ4v) is 3.83. The normalized spacial score (nSPS) is 16.9. The number of rotatable bonds is 3. The van der Waals surface area contributed by atoms with Crippen molar-refractivity contribution in [2.45, 2.75) is 26.2 Å². The molecular formula is C16H17N3O2S. The van der Waals surface area contributed by atoms with Gasteiger partial charge >= 0.3 is 0 Å². The van der Waals surface area contributed by atoms with Crippen molar-refractivity contribution < 1.29 is 9.59 Å². The van der Waals surface area contributed by atoms with Crippen LogP contribution in [0, 0.1) is 12.8 Å². The van der Waals surface area contributed by atoms with E-state index in [9.17, 15) is 9.59 Å². The number of nitrogens with zero attached hydrogens (tertiary/aromatic N) is 1. The molecule has 0 radical (unpaired) electrons. The molecular weight excluding hydrogens is 298 g/mol. The molecule has 0 aliphatic heterocycles. The highest BCUT2D eigenvalue weighted by atomic mass is 32.1. The Morgan fingerprint density at radius 1 is 1.36 bits per heavy atom. The Kier molecular flexibility index (Phi) is 3.94. The molecule has 1 aromatic heterocycles. The quantitative estimate of drug-likeness (QED) is 0.911.